The van der Waals surface area contributed by atoms with Crippen molar-refractivity contribution in [3.63, 3.8) is 0 Å². The third-order valence-corrected chi connectivity index (χ3v) is 3.80. The van der Waals surface area contributed by atoms with Crippen LogP contribution in [0.5, 0.6) is 0 Å². The van der Waals surface area contributed by atoms with E-state index in [-0.39, 0.29) is 18.7 Å². The summed E-state index contributed by atoms with van der Waals surface area (Å²) in [6, 6.07) is 2.87. The lowest BCUT2D eigenvalue weighted by atomic mass is 10.1. The van der Waals surface area contributed by atoms with Crippen LogP contribution in [0.25, 0.3) is 0 Å². The molecular formula is C15H18F4N2O2. The molecule has 0 bridgehead atoms. The highest BCUT2D eigenvalue weighted by Gasteiger charge is 2.32. The normalized spacial score (nSPS) is 16.5. The molecule has 0 amide bonds. The third kappa shape index (κ3) is 4.34. The molecule has 0 saturated carbocycles. The maximum Gasteiger partial charge on any atom is 0.401 e. The van der Waals surface area contributed by atoms with Crippen LogP contribution in [0.4, 0.5) is 23.2 Å². The zero-order valence-electron chi connectivity index (χ0n) is 12.9. The Morgan fingerprint density at radius 2 is 1.83 bits per heavy atom. The van der Waals surface area contributed by atoms with Crippen molar-refractivity contribution >= 4 is 11.7 Å². The Morgan fingerprint density at radius 3 is 2.30 bits per heavy atom. The molecule has 1 aromatic rings. The van der Waals surface area contributed by atoms with Gasteiger partial charge < -0.3 is 9.64 Å². The van der Waals surface area contributed by atoms with Crippen LogP contribution in [0.3, 0.4) is 0 Å². The van der Waals surface area contributed by atoms with Crippen molar-refractivity contribution in [1.29, 1.82) is 0 Å². The van der Waals surface area contributed by atoms with Crippen LogP contribution in [0.15, 0.2) is 12.1 Å². The van der Waals surface area contributed by atoms with E-state index in [2.05, 4.69) is 4.74 Å². The lowest BCUT2D eigenvalue weighted by Gasteiger charge is -2.36. The number of carbonyl (C=O) groups is 1. The second kappa shape index (κ2) is 6.74. The number of anilines is 1. The summed E-state index contributed by atoms with van der Waals surface area (Å²) in [5.41, 5.74) is 0.871. The topological polar surface area (TPSA) is 32.8 Å². The Hall–Kier alpha value is -1.83. The van der Waals surface area contributed by atoms with Gasteiger partial charge in [0.25, 0.3) is 0 Å². The van der Waals surface area contributed by atoms with E-state index in [1.807, 2.05) is 4.90 Å². The molecule has 1 aliphatic rings. The maximum absolute atomic E-state index is 14.1. The van der Waals surface area contributed by atoms with Gasteiger partial charge in [-0.1, -0.05) is 0 Å². The Kier molecular flexibility index (Phi) is 5.13. The molecule has 1 aliphatic heterocycles. The van der Waals surface area contributed by atoms with Gasteiger partial charge in [-0.05, 0) is 24.6 Å². The van der Waals surface area contributed by atoms with Gasteiger partial charge >= 0.3 is 12.1 Å². The first-order valence-corrected chi connectivity index (χ1v) is 7.14. The fourth-order valence-corrected chi connectivity index (χ4v) is 2.69. The number of hydrogen-bond donors (Lipinski definition) is 0. The van der Waals surface area contributed by atoms with Gasteiger partial charge in [0.2, 0.25) is 0 Å². The molecule has 1 fully saturated rings. The summed E-state index contributed by atoms with van der Waals surface area (Å²) in [5.74, 6) is -1.44. The number of esters is 1. The molecular weight excluding hydrogens is 316 g/mol. The highest BCUT2D eigenvalue weighted by atomic mass is 19.4. The highest BCUT2D eigenvalue weighted by molar-refractivity contribution is 5.91. The molecule has 4 nitrogen and oxygen atoms in total. The SMILES string of the molecule is COC(=O)c1c(C)cc(N2CCN(CC(F)(F)F)CC2)cc1F. The summed E-state index contributed by atoms with van der Waals surface area (Å²) in [4.78, 5) is 14.7. The van der Waals surface area contributed by atoms with Crippen molar-refractivity contribution in [1.82, 2.24) is 4.90 Å². The average Bonchev–Trinajstić information content (AvgIpc) is 2.45. The molecule has 8 heteroatoms. The number of ether oxygens (including phenoxy) is 1. The van der Waals surface area contributed by atoms with Gasteiger partial charge in [-0.15, -0.1) is 0 Å². The van der Waals surface area contributed by atoms with E-state index in [0.717, 1.165) is 0 Å². The average molecular weight is 334 g/mol. The van der Waals surface area contributed by atoms with Gasteiger partial charge in [0.05, 0.1) is 19.2 Å². The highest BCUT2D eigenvalue weighted by Crippen LogP contribution is 2.25. The number of halogens is 4. The van der Waals surface area contributed by atoms with Gasteiger partial charge in [-0.25, -0.2) is 9.18 Å². The van der Waals surface area contributed by atoms with Crippen molar-refractivity contribution < 1.29 is 27.1 Å². The quantitative estimate of drug-likeness (QED) is 0.628. The number of alkyl halides is 3. The minimum absolute atomic E-state index is 0.119. The summed E-state index contributed by atoms with van der Waals surface area (Å²) in [6.45, 7) is 1.89. The summed E-state index contributed by atoms with van der Waals surface area (Å²) < 4.78 is 55.8. The second-order valence-electron chi connectivity index (χ2n) is 5.49. The van der Waals surface area contributed by atoms with Crippen LogP contribution >= 0.6 is 0 Å². The molecule has 0 unspecified atom stereocenters. The van der Waals surface area contributed by atoms with E-state index in [9.17, 15) is 22.4 Å². The Balaban J connectivity index is 2.08. The number of aryl methyl sites for hydroxylation is 1. The summed E-state index contributed by atoms with van der Waals surface area (Å²) in [7, 11) is 1.18. The molecule has 23 heavy (non-hydrogen) atoms. The predicted molar refractivity (Wildman–Crippen MR) is 77.2 cm³/mol. The Labute approximate surface area is 131 Å². The first-order valence-electron chi connectivity index (χ1n) is 7.14. The zero-order chi connectivity index (χ0) is 17.2. The standard InChI is InChI=1S/C15H18F4N2O2/c1-10-7-11(8-12(16)13(10)14(22)23-2)21-5-3-20(4-6-21)9-15(17,18)19/h7-8H,3-6,9H2,1-2H3. The molecule has 2 rings (SSSR count). The smallest absolute Gasteiger partial charge is 0.401 e. The first kappa shape index (κ1) is 17.5. The zero-order valence-corrected chi connectivity index (χ0v) is 12.9. The summed E-state index contributed by atoms with van der Waals surface area (Å²) >= 11 is 0. The molecule has 128 valence electrons. The minimum Gasteiger partial charge on any atom is -0.465 e. The fourth-order valence-electron chi connectivity index (χ4n) is 2.69. The second-order valence-corrected chi connectivity index (χ2v) is 5.49. The monoisotopic (exact) mass is 334 g/mol. The van der Waals surface area contributed by atoms with Gasteiger partial charge in [-0.2, -0.15) is 13.2 Å². The fraction of sp³-hybridized carbons (Fsp3) is 0.533. The molecule has 0 aliphatic carbocycles. The van der Waals surface area contributed by atoms with Crippen LogP contribution in [0.1, 0.15) is 15.9 Å². The predicted octanol–water partition coefficient (Wildman–Crippen LogP) is 2.61. The maximum atomic E-state index is 14.1. The molecule has 1 aromatic carbocycles. The van der Waals surface area contributed by atoms with E-state index in [1.54, 1.807) is 13.0 Å². The number of piperazine rings is 1. The van der Waals surface area contributed by atoms with Crippen molar-refractivity contribution in [3.05, 3.63) is 29.1 Å². The molecule has 0 atom stereocenters. The Bertz CT molecular complexity index is 558. The lowest BCUT2D eigenvalue weighted by Crippen LogP contribution is -2.49. The third-order valence-electron chi connectivity index (χ3n) is 3.80. The van der Waals surface area contributed by atoms with Gasteiger partial charge in [0.15, 0.2) is 0 Å². The number of hydrogen-bond acceptors (Lipinski definition) is 4. The molecule has 1 saturated heterocycles. The first-order chi connectivity index (χ1) is 10.7. The number of nitrogens with zero attached hydrogens (tertiary/aromatic N) is 2. The molecule has 0 aromatic heterocycles. The van der Waals surface area contributed by atoms with Crippen LogP contribution in [-0.4, -0.2) is 56.9 Å². The van der Waals surface area contributed by atoms with Gasteiger partial charge in [0, 0.05) is 31.9 Å². The molecule has 0 spiro atoms. The van der Waals surface area contributed by atoms with E-state index in [4.69, 9.17) is 0 Å². The number of rotatable bonds is 3. The lowest BCUT2D eigenvalue weighted by molar-refractivity contribution is -0.146. The summed E-state index contributed by atoms with van der Waals surface area (Å²) in [5, 5.41) is 0. The minimum atomic E-state index is -4.22. The van der Waals surface area contributed by atoms with Crippen molar-refractivity contribution in [2.24, 2.45) is 0 Å². The van der Waals surface area contributed by atoms with Gasteiger partial charge in [-0.3, -0.25) is 4.90 Å². The van der Waals surface area contributed by atoms with Gasteiger partial charge in [0.1, 0.15) is 5.82 Å². The summed E-state index contributed by atoms with van der Waals surface area (Å²) in [6.07, 6.45) is -4.22. The van der Waals surface area contributed by atoms with Crippen molar-refractivity contribution in [3.8, 4) is 0 Å². The Morgan fingerprint density at radius 1 is 1.22 bits per heavy atom. The number of benzene rings is 1. The largest absolute Gasteiger partial charge is 0.465 e. The molecule has 0 radical (unpaired) electrons. The number of carbonyl (C=O) groups excluding carboxylic acids is 1. The van der Waals surface area contributed by atoms with Crippen LogP contribution in [-0.2, 0) is 4.74 Å². The molecule has 0 N–H and O–H groups in total. The van der Waals surface area contributed by atoms with E-state index < -0.39 is 24.5 Å². The van der Waals surface area contributed by atoms with E-state index in [1.165, 1.54) is 18.1 Å². The van der Waals surface area contributed by atoms with Crippen molar-refractivity contribution in [2.45, 2.75) is 13.1 Å². The van der Waals surface area contributed by atoms with Crippen LogP contribution < -0.4 is 4.90 Å². The number of methoxy groups -OCH3 is 1. The van der Waals surface area contributed by atoms with E-state index >= 15 is 0 Å². The van der Waals surface area contributed by atoms with Crippen LogP contribution in [0.2, 0.25) is 0 Å². The van der Waals surface area contributed by atoms with E-state index in [0.29, 0.717) is 24.3 Å². The van der Waals surface area contributed by atoms with Crippen molar-refractivity contribution in [2.75, 3.05) is 44.7 Å². The van der Waals surface area contributed by atoms with Crippen LogP contribution in [0, 0.1) is 12.7 Å². The molecule has 1 heterocycles.